The highest BCUT2D eigenvalue weighted by atomic mass is 16.6. The van der Waals surface area contributed by atoms with Crippen LogP contribution in [0.3, 0.4) is 0 Å². The number of amides is 1. The monoisotopic (exact) mass is 579 g/mol. The van der Waals surface area contributed by atoms with Crippen molar-refractivity contribution in [3.05, 3.63) is 102 Å². The first-order valence-electron chi connectivity index (χ1n) is 13.2. The largest absolute Gasteiger partial charge is 0.493 e. The molecular formula is C33H29N3O7. The lowest BCUT2D eigenvalue weighted by Crippen LogP contribution is -2.18. The first kappa shape index (κ1) is 28.7. The molecule has 1 heterocycles. The van der Waals surface area contributed by atoms with Crippen LogP contribution < -0.4 is 29.1 Å². The van der Waals surface area contributed by atoms with Crippen LogP contribution in [0.25, 0.3) is 22.0 Å². The zero-order valence-corrected chi connectivity index (χ0v) is 24.0. The Kier molecular flexibility index (Phi) is 8.57. The second kappa shape index (κ2) is 12.8. The normalized spacial score (nSPS) is 10.9. The van der Waals surface area contributed by atoms with E-state index in [1.807, 2.05) is 54.6 Å². The van der Waals surface area contributed by atoms with Crippen LogP contribution in [0.15, 0.2) is 90.0 Å². The molecule has 0 fully saturated rings. The lowest BCUT2D eigenvalue weighted by atomic mass is 10.0. The molecule has 1 amide bonds. The minimum Gasteiger partial charge on any atom is -0.493 e. The van der Waals surface area contributed by atoms with Gasteiger partial charge in [0.1, 0.15) is 5.69 Å². The number of hydrogen-bond donors (Lipinski definition) is 2. The Hall–Kier alpha value is -5.77. The number of carbonyl (C=O) groups is 2. The van der Waals surface area contributed by atoms with Gasteiger partial charge in [0.15, 0.2) is 23.0 Å². The summed E-state index contributed by atoms with van der Waals surface area (Å²) in [6, 6.07) is 25.3. The van der Waals surface area contributed by atoms with E-state index in [0.717, 1.165) is 22.0 Å². The lowest BCUT2D eigenvalue weighted by Gasteiger charge is -2.14. The number of aromatic amines is 1. The third-order valence-electron chi connectivity index (χ3n) is 6.67. The minimum atomic E-state index is -0.654. The van der Waals surface area contributed by atoms with Gasteiger partial charge in [-0.2, -0.15) is 5.10 Å². The number of hydrazone groups is 1. The molecule has 0 bridgehead atoms. The number of methoxy groups -OCH3 is 4. The van der Waals surface area contributed by atoms with Gasteiger partial charge in [-0.05, 0) is 47.5 Å². The molecule has 0 saturated heterocycles. The summed E-state index contributed by atoms with van der Waals surface area (Å²) in [5.41, 5.74) is 6.34. The zero-order chi connectivity index (χ0) is 30.3. The highest BCUT2D eigenvalue weighted by Gasteiger charge is 2.21. The summed E-state index contributed by atoms with van der Waals surface area (Å²) in [7, 11) is 5.85. The molecule has 218 valence electrons. The van der Waals surface area contributed by atoms with Gasteiger partial charge in [-0.15, -0.1) is 0 Å². The van der Waals surface area contributed by atoms with E-state index >= 15 is 0 Å². The summed E-state index contributed by atoms with van der Waals surface area (Å²) in [6.45, 7) is 0. The number of fused-ring (bicyclic) bond motifs is 1. The standard InChI is InChI=1S/C33H29N3O7/c1-39-26-16-20(14-15-25(26)43-33(38)22-17-27(40-2)31(42-4)28(18-22)41-3)19-34-36-32(37)30-29(21-10-6-5-7-11-21)23-12-8-9-13-24(23)35-30/h5-19,35H,1-4H3,(H,36,37). The van der Waals surface area contributed by atoms with Crippen LogP contribution in [0.4, 0.5) is 0 Å². The van der Waals surface area contributed by atoms with E-state index in [0.29, 0.717) is 28.5 Å². The number of rotatable bonds is 10. The van der Waals surface area contributed by atoms with Crippen LogP contribution in [-0.2, 0) is 0 Å². The van der Waals surface area contributed by atoms with E-state index in [1.165, 1.54) is 46.8 Å². The van der Waals surface area contributed by atoms with Gasteiger partial charge in [0.25, 0.3) is 5.91 Å². The van der Waals surface area contributed by atoms with Crippen molar-refractivity contribution in [1.29, 1.82) is 0 Å². The summed E-state index contributed by atoms with van der Waals surface area (Å²) < 4.78 is 27.0. The number of esters is 1. The fourth-order valence-electron chi connectivity index (χ4n) is 4.64. The molecule has 10 heteroatoms. The predicted molar refractivity (Wildman–Crippen MR) is 163 cm³/mol. The molecule has 4 aromatic carbocycles. The van der Waals surface area contributed by atoms with Crippen LogP contribution in [0.1, 0.15) is 26.4 Å². The fourth-order valence-corrected chi connectivity index (χ4v) is 4.64. The number of aromatic nitrogens is 1. The van der Waals surface area contributed by atoms with Gasteiger partial charge in [-0.3, -0.25) is 4.79 Å². The van der Waals surface area contributed by atoms with E-state index in [2.05, 4.69) is 15.5 Å². The maximum Gasteiger partial charge on any atom is 0.343 e. The van der Waals surface area contributed by atoms with Crippen molar-refractivity contribution in [2.24, 2.45) is 5.10 Å². The quantitative estimate of drug-likeness (QED) is 0.0921. The molecule has 0 aliphatic rings. The molecule has 1 aromatic heterocycles. The minimum absolute atomic E-state index is 0.188. The fraction of sp³-hybridized carbons (Fsp3) is 0.121. The third-order valence-corrected chi connectivity index (χ3v) is 6.67. The number of ether oxygens (including phenoxy) is 5. The topological polar surface area (TPSA) is 120 Å². The van der Waals surface area contributed by atoms with Crippen LogP contribution in [0, 0.1) is 0 Å². The zero-order valence-electron chi connectivity index (χ0n) is 24.0. The summed E-state index contributed by atoms with van der Waals surface area (Å²) in [4.78, 5) is 29.4. The molecule has 5 aromatic rings. The van der Waals surface area contributed by atoms with Crippen molar-refractivity contribution in [2.45, 2.75) is 0 Å². The Balaban J connectivity index is 1.33. The molecule has 2 N–H and O–H groups in total. The number of carbonyl (C=O) groups excluding carboxylic acids is 2. The van der Waals surface area contributed by atoms with Gasteiger partial charge in [0.2, 0.25) is 5.75 Å². The maximum absolute atomic E-state index is 13.2. The molecule has 0 aliphatic heterocycles. The summed E-state index contributed by atoms with van der Waals surface area (Å²) in [5.74, 6) is 0.421. The van der Waals surface area contributed by atoms with Crippen molar-refractivity contribution < 1.29 is 33.3 Å². The second-order valence-electron chi connectivity index (χ2n) is 9.20. The van der Waals surface area contributed by atoms with E-state index in [-0.39, 0.29) is 17.1 Å². The molecule has 10 nitrogen and oxygen atoms in total. The number of para-hydroxylation sites is 1. The highest BCUT2D eigenvalue weighted by molar-refractivity contribution is 6.09. The van der Waals surface area contributed by atoms with Crippen molar-refractivity contribution in [3.8, 4) is 39.9 Å². The van der Waals surface area contributed by atoms with E-state index in [4.69, 9.17) is 23.7 Å². The highest BCUT2D eigenvalue weighted by Crippen LogP contribution is 2.39. The van der Waals surface area contributed by atoms with Crippen LogP contribution >= 0.6 is 0 Å². The number of benzene rings is 4. The summed E-state index contributed by atoms with van der Waals surface area (Å²) >= 11 is 0. The molecule has 0 atom stereocenters. The van der Waals surface area contributed by atoms with E-state index < -0.39 is 11.9 Å². The number of nitrogens with zero attached hydrogens (tertiary/aromatic N) is 1. The Morgan fingerprint density at radius 3 is 2.09 bits per heavy atom. The van der Waals surface area contributed by atoms with E-state index in [9.17, 15) is 9.59 Å². The summed E-state index contributed by atoms with van der Waals surface area (Å²) in [6.07, 6.45) is 1.47. The van der Waals surface area contributed by atoms with Crippen molar-refractivity contribution in [3.63, 3.8) is 0 Å². The molecule has 0 radical (unpaired) electrons. The Morgan fingerprint density at radius 1 is 0.744 bits per heavy atom. The van der Waals surface area contributed by atoms with Crippen LogP contribution in [-0.4, -0.2) is 51.5 Å². The van der Waals surface area contributed by atoms with Gasteiger partial charge >= 0.3 is 5.97 Å². The molecule has 0 saturated carbocycles. The Morgan fingerprint density at radius 2 is 1.42 bits per heavy atom. The Bertz CT molecular complexity index is 1790. The first-order chi connectivity index (χ1) is 21.0. The number of hydrogen-bond acceptors (Lipinski definition) is 8. The molecule has 0 unspecified atom stereocenters. The average Bonchev–Trinajstić information content (AvgIpc) is 3.44. The van der Waals surface area contributed by atoms with Crippen molar-refractivity contribution in [1.82, 2.24) is 10.4 Å². The number of nitrogens with one attached hydrogen (secondary N) is 2. The SMILES string of the molecule is COc1cc(C=NNC(=O)c2[nH]c3ccccc3c2-c2ccccc2)ccc1OC(=O)c1cc(OC)c(OC)c(OC)c1. The molecule has 0 spiro atoms. The molecule has 5 rings (SSSR count). The van der Waals surface area contributed by atoms with E-state index in [1.54, 1.807) is 18.2 Å². The van der Waals surface area contributed by atoms with Crippen LogP contribution in [0.5, 0.6) is 28.7 Å². The third kappa shape index (κ3) is 5.98. The lowest BCUT2D eigenvalue weighted by molar-refractivity contribution is 0.0728. The smallest absolute Gasteiger partial charge is 0.343 e. The van der Waals surface area contributed by atoms with Gasteiger partial charge in [0, 0.05) is 16.5 Å². The van der Waals surface area contributed by atoms with Gasteiger partial charge in [-0.1, -0.05) is 48.5 Å². The van der Waals surface area contributed by atoms with Gasteiger partial charge in [-0.25, -0.2) is 10.2 Å². The predicted octanol–water partition coefficient (Wildman–Crippen LogP) is 5.85. The molecular weight excluding hydrogens is 550 g/mol. The van der Waals surface area contributed by atoms with Crippen LogP contribution in [0.2, 0.25) is 0 Å². The average molecular weight is 580 g/mol. The van der Waals surface area contributed by atoms with Crippen molar-refractivity contribution >= 4 is 29.0 Å². The number of H-pyrrole nitrogens is 1. The maximum atomic E-state index is 13.2. The first-order valence-corrected chi connectivity index (χ1v) is 13.2. The van der Waals surface area contributed by atoms with Gasteiger partial charge < -0.3 is 28.7 Å². The van der Waals surface area contributed by atoms with Crippen molar-refractivity contribution in [2.75, 3.05) is 28.4 Å². The second-order valence-corrected chi connectivity index (χ2v) is 9.20. The summed E-state index contributed by atoms with van der Waals surface area (Å²) in [5, 5.41) is 5.08. The Labute approximate surface area is 247 Å². The molecule has 0 aliphatic carbocycles. The molecule has 43 heavy (non-hydrogen) atoms. The van der Waals surface area contributed by atoms with Gasteiger partial charge in [0.05, 0.1) is 40.2 Å².